The van der Waals surface area contributed by atoms with Crippen LogP contribution in [0.15, 0.2) is 42.5 Å². The van der Waals surface area contributed by atoms with Gasteiger partial charge >= 0.3 is 0 Å². The maximum Gasteiger partial charge on any atom is 0.265 e. The third-order valence-corrected chi connectivity index (χ3v) is 5.32. The lowest BCUT2D eigenvalue weighted by Gasteiger charge is -2.36. The Morgan fingerprint density at radius 1 is 1.07 bits per heavy atom. The highest BCUT2D eigenvalue weighted by Gasteiger charge is 2.22. The van der Waals surface area contributed by atoms with E-state index in [1.807, 2.05) is 29.2 Å². The van der Waals surface area contributed by atoms with Crippen LogP contribution in [-0.2, 0) is 9.59 Å². The standard InChI is InChI=1S/C21H23Cl2N3O3/c1-14(29-20-8-7-16(22)13-17(20)23)21(28)24-18-5-3-4-6-19(18)26-11-9-25(10-12-26)15(2)27/h3-8,13-14H,9-12H2,1-2H3,(H,24,28)/t14-/m0/s1. The summed E-state index contributed by atoms with van der Waals surface area (Å²) in [6.07, 6.45) is -0.753. The Bertz CT molecular complexity index is 898. The van der Waals surface area contributed by atoms with E-state index in [1.165, 1.54) is 0 Å². The van der Waals surface area contributed by atoms with E-state index in [2.05, 4.69) is 10.2 Å². The van der Waals surface area contributed by atoms with Crippen molar-refractivity contribution in [3.05, 3.63) is 52.5 Å². The van der Waals surface area contributed by atoms with Crippen LogP contribution in [0.25, 0.3) is 0 Å². The van der Waals surface area contributed by atoms with Crippen molar-refractivity contribution in [2.24, 2.45) is 0 Å². The average molecular weight is 436 g/mol. The van der Waals surface area contributed by atoms with Crippen molar-refractivity contribution in [2.75, 3.05) is 36.4 Å². The maximum absolute atomic E-state index is 12.7. The third kappa shape index (κ3) is 5.34. The van der Waals surface area contributed by atoms with Crippen LogP contribution in [0, 0.1) is 0 Å². The van der Waals surface area contributed by atoms with Crippen molar-refractivity contribution in [1.29, 1.82) is 0 Å². The maximum atomic E-state index is 12.7. The monoisotopic (exact) mass is 435 g/mol. The molecule has 1 aliphatic rings. The van der Waals surface area contributed by atoms with Gasteiger partial charge in [0.1, 0.15) is 5.75 Å². The van der Waals surface area contributed by atoms with Crippen molar-refractivity contribution in [3.8, 4) is 5.75 Å². The molecule has 0 aromatic heterocycles. The molecule has 0 saturated carbocycles. The number of rotatable bonds is 5. The Morgan fingerprint density at radius 2 is 1.76 bits per heavy atom. The molecule has 0 unspecified atom stereocenters. The topological polar surface area (TPSA) is 61.9 Å². The van der Waals surface area contributed by atoms with Crippen LogP contribution in [-0.4, -0.2) is 49.0 Å². The number of benzene rings is 2. The van der Waals surface area contributed by atoms with Gasteiger partial charge in [-0.3, -0.25) is 9.59 Å². The molecule has 1 fully saturated rings. The second-order valence-corrected chi connectivity index (χ2v) is 7.68. The number of hydrogen-bond acceptors (Lipinski definition) is 4. The molecule has 0 radical (unpaired) electrons. The second kappa shape index (κ2) is 9.37. The van der Waals surface area contributed by atoms with Crippen molar-refractivity contribution < 1.29 is 14.3 Å². The third-order valence-electron chi connectivity index (χ3n) is 4.79. The number of nitrogens with one attached hydrogen (secondary N) is 1. The summed E-state index contributed by atoms with van der Waals surface area (Å²) in [5.74, 6) is 0.191. The number of hydrogen-bond donors (Lipinski definition) is 1. The molecule has 1 N–H and O–H groups in total. The number of piperazine rings is 1. The van der Waals surface area contributed by atoms with Gasteiger partial charge in [-0.1, -0.05) is 35.3 Å². The Morgan fingerprint density at radius 3 is 2.41 bits per heavy atom. The lowest BCUT2D eigenvalue weighted by atomic mass is 10.2. The van der Waals surface area contributed by atoms with Crippen molar-refractivity contribution in [3.63, 3.8) is 0 Å². The van der Waals surface area contributed by atoms with E-state index < -0.39 is 6.10 Å². The molecule has 1 saturated heterocycles. The van der Waals surface area contributed by atoms with Gasteiger partial charge in [0.05, 0.1) is 16.4 Å². The van der Waals surface area contributed by atoms with E-state index in [9.17, 15) is 9.59 Å². The SMILES string of the molecule is CC(=O)N1CCN(c2ccccc2NC(=O)[C@H](C)Oc2ccc(Cl)cc2Cl)CC1. The highest BCUT2D eigenvalue weighted by molar-refractivity contribution is 6.35. The number of ether oxygens (including phenoxy) is 1. The normalized spacial score (nSPS) is 15.0. The first-order chi connectivity index (χ1) is 13.8. The van der Waals surface area contributed by atoms with Crippen LogP contribution in [0.1, 0.15) is 13.8 Å². The van der Waals surface area contributed by atoms with E-state index in [1.54, 1.807) is 32.0 Å². The van der Waals surface area contributed by atoms with Crippen LogP contribution in [0.5, 0.6) is 5.75 Å². The van der Waals surface area contributed by atoms with E-state index in [0.29, 0.717) is 47.7 Å². The van der Waals surface area contributed by atoms with Gasteiger partial charge in [0, 0.05) is 38.1 Å². The molecule has 0 spiro atoms. The van der Waals surface area contributed by atoms with E-state index in [-0.39, 0.29) is 11.8 Å². The molecule has 0 aliphatic carbocycles. The number of para-hydroxylation sites is 2. The smallest absolute Gasteiger partial charge is 0.265 e. The van der Waals surface area contributed by atoms with Gasteiger partial charge in [-0.2, -0.15) is 0 Å². The summed E-state index contributed by atoms with van der Waals surface area (Å²) >= 11 is 12.0. The van der Waals surface area contributed by atoms with Crippen LogP contribution in [0.2, 0.25) is 10.0 Å². The van der Waals surface area contributed by atoms with Crippen LogP contribution < -0.4 is 15.0 Å². The molecule has 29 heavy (non-hydrogen) atoms. The van der Waals surface area contributed by atoms with Gasteiger partial charge in [-0.15, -0.1) is 0 Å². The first-order valence-corrected chi connectivity index (χ1v) is 10.1. The van der Waals surface area contributed by atoms with Gasteiger partial charge < -0.3 is 19.9 Å². The van der Waals surface area contributed by atoms with Crippen LogP contribution >= 0.6 is 23.2 Å². The van der Waals surface area contributed by atoms with Crippen LogP contribution in [0.4, 0.5) is 11.4 Å². The number of carbonyl (C=O) groups is 2. The molecule has 2 aromatic carbocycles. The minimum atomic E-state index is -0.753. The Kier molecular flexibility index (Phi) is 6.87. The highest BCUT2D eigenvalue weighted by atomic mass is 35.5. The van der Waals surface area contributed by atoms with Crippen molar-refractivity contribution >= 4 is 46.4 Å². The number of anilines is 2. The Balaban J connectivity index is 1.67. The first-order valence-electron chi connectivity index (χ1n) is 9.37. The summed E-state index contributed by atoms with van der Waals surface area (Å²) < 4.78 is 5.70. The largest absolute Gasteiger partial charge is 0.479 e. The quantitative estimate of drug-likeness (QED) is 0.768. The van der Waals surface area contributed by atoms with Crippen molar-refractivity contribution in [2.45, 2.75) is 20.0 Å². The zero-order valence-electron chi connectivity index (χ0n) is 16.3. The van der Waals surface area contributed by atoms with Gasteiger partial charge in [0.15, 0.2) is 6.10 Å². The average Bonchev–Trinajstić information content (AvgIpc) is 2.70. The first kappa shape index (κ1) is 21.3. The Labute approximate surface area is 180 Å². The summed E-state index contributed by atoms with van der Waals surface area (Å²) in [6, 6.07) is 12.5. The minimum Gasteiger partial charge on any atom is -0.479 e. The summed E-state index contributed by atoms with van der Waals surface area (Å²) in [4.78, 5) is 28.2. The van der Waals surface area contributed by atoms with Gasteiger partial charge in [-0.05, 0) is 37.3 Å². The fourth-order valence-corrected chi connectivity index (χ4v) is 3.62. The number of carbonyl (C=O) groups excluding carboxylic acids is 2. The molecular formula is C21H23Cl2N3O3. The molecule has 1 aliphatic heterocycles. The van der Waals surface area contributed by atoms with E-state index in [4.69, 9.17) is 27.9 Å². The summed E-state index contributed by atoms with van der Waals surface area (Å²) in [5, 5.41) is 3.78. The second-order valence-electron chi connectivity index (χ2n) is 6.83. The molecule has 3 rings (SSSR count). The minimum absolute atomic E-state index is 0.0815. The molecule has 8 heteroatoms. The summed E-state index contributed by atoms with van der Waals surface area (Å²) in [7, 11) is 0. The lowest BCUT2D eigenvalue weighted by Crippen LogP contribution is -2.48. The highest BCUT2D eigenvalue weighted by Crippen LogP contribution is 2.30. The predicted molar refractivity (Wildman–Crippen MR) is 116 cm³/mol. The molecule has 154 valence electrons. The molecule has 2 amide bonds. The molecule has 1 heterocycles. The lowest BCUT2D eigenvalue weighted by molar-refractivity contribution is -0.129. The molecule has 1 atom stereocenters. The van der Waals surface area contributed by atoms with Crippen molar-refractivity contribution in [1.82, 2.24) is 4.90 Å². The fraction of sp³-hybridized carbons (Fsp3) is 0.333. The summed E-state index contributed by atoms with van der Waals surface area (Å²) in [5.41, 5.74) is 1.62. The van der Waals surface area contributed by atoms with E-state index in [0.717, 1.165) is 5.69 Å². The number of nitrogens with zero attached hydrogens (tertiary/aromatic N) is 2. The van der Waals surface area contributed by atoms with Crippen LogP contribution in [0.3, 0.4) is 0 Å². The zero-order chi connectivity index (χ0) is 21.0. The molecular weight excluding hydrogens is 413 g/mol. The Hall–Kier alpha value is -2.44. The van der Waals surface area contributed by atoms with E-state index >= 15 is 0 Å². The summed E-state index contributed by atoms with van der Waals surface area (Å²) in [6.45, 7) is 5.98. The van der Waals surface area contributed by atoms with Gasteiger partial charge in [-0.25, -0.2) is 0 Å². The molecule has 6 nitrogen and oxygen atoms in total. The number of amides is 2. The number of halogens is 2. The fourth-order valence-electron chi connectivity index (χ4n) is 3.17. The zero-order valence-corrected chi connectivity index (χ0v) is 17.8. The van der Waals surface area contributed by atoms with Gasteiger partial charge in [0.25, 0.3) is 5.91 Å². The molecule has 2 aromatic rings. The molecule has 0 bridgehead atoms. The van der Waals surface area contributed by atoms with Gasteiger partial charge in [0.2, 0.25) is 5.91 Å². The predicted octanol–water partition coefficient (Wildman–Crippen LogP) is 4.07.